The molecule has 1 aliphatic carbocycles. The number of anilines is 3. The predicted molar refractivity (Wildman–Crippen MR) is 130 cm³/mol. The van der Waals surface area contributed by atoms with Gasteiger partial charge in [0.05, 0.1) is 5.69 Å². The number of rotatable bonds is 5. The Morgan fingerprint density at radius 2 is 1.69 bits per heavy atom. The average Bonchev–Trinajstić information content (AvgIpc) is 2.78. The molecule has 0 spiro atoms. The first-order valence-electron chi connectivity index (χ1n) is 11.5. The molecule has 0 bridgehead atoms. The van der Waals surface area contributed by atoms with Crippen molar-refractivity contribution >= 4 is 23.2 Å². The van der Waals surface area contributed by atoms with Crippen LogP contribution in [0, 0.1) is 6.92 Å². The number of hydrogen-bond acceptors (Lipinski definition) is 5. The average molecular weight is 430 g/mol. The summed E-state index contributed by atoms with van der Waals surface area (Å²) in [5.41, 5.74) is 11.1. The second-order valence-corrected chi connectivity index (χ2v) is 8.50. The van der Waals surface area contributed by atoms with E-state index in [0.29, 0.717) is 11.5 Å². The minimum Gasteiger partial charge on any atom is -0.398 e. The number of nitrogens with two attached hydrogens (primary N) is 1. The third-order valence-electron chi connectivity index (χ3n) is 6.15. The molecular formula is C26H31N5O. The number of nitrogen functional groups attached to an aromatic ring is 1. The first-order chi connectivity index (χ1) is 15.6. The van der Waals surface area contributed by atoms with Crippen LogP contribution in [0.3, 0.4) is 0 Å². The molecule has 4 rings (SSSR count). The maximum atomic E-state index is 12.7. The minimum absolute atomic E-state index is 0.00230. The SMILES string of the molecule is Cc1c(N)cccc1-c1ccnc(Nc2ccc(C(=O)NC3CCCCCCC3)cc2)n1. The summed E-state index contributed by atoms with van der Waals surface area (Å²) in [6.07, 6.45) is 10.1. The van der Waals surface area contributed by atoms with Gasteiger partial charge in [-0.2, -0.15) is 0 Å². The van der Waals surface area contributed by atoms with Gasteiger partial charge in [0, 0.05) is 34.7 Å². The van der Waals surface area contributed by atoms with E-state index in [0.717, 1.165) is 41.0 Å². The van der Waals surface area contributed by atoms with Crippen LogP contribution in [0.1, 0.15) is 60.9 Å². The molecule has 4 N–H and O–H groups in total. The molecule has 0 unspecified atom stereocenters. The van der Waals surface area contributed by atoms with Crippen molar-refractivity contribution in [3.63, 3.8) is 0 Å². The monoisotopic (exact) mass is 429 g/mol. The number of amides is 1. The third-order valence-corrected chi connectivity index (χ3v) is 6.15. The molecule has 3 aromatic rings. The lowest BCUT2D eigenvalue weighted by Crippen LogP contribution is -2.35. The van der Waals surface area contributed by atoms with Gasteiger partial charge in [0.25, 0.3) is 5.91 Å². The van der Waals surface area contributed by atoms with Crippen LogP contribution in [-0.2, 0) is 0 Å². The van der Waals surface area contributed by atoms with Gasteiger partial charge < -0.3 is 16.4 Å². The molecule has 166 valence electrons. The zero-order valence-corrected chi connectivity index (χ0v) is 18.6. The van der Waals surface area contributed by atoms with E-state index in [1.807, 2.05) is 55.5 Å². The fourth-order valence-electron chi connectivity index (χ4n) is 4.20. The first kappa shape index (κ1) is 21.8. The quantitative estimate of drug-likeness (QED) is 0.458. The van der Waals surface area contributed by atoms with Gasteiger partial charge in [-0.05, 0) is 61.7 Å². The fourth-order valence-corrected chi connectivity index (χ4v) is 4.20. The Labute approximate surface area is 189 Å². The van der Waals surface area contributed by atoms with Crippen LogP contribution in [0.5, 0.6) is 0 Å². The zero-order valence-electron chi connectivity index (χ0n) is 18.6. The van der Waals surface area contributed by atoms with Gasteiger partial charge in [-0.1, -0.05) is 44.2 Å². The van der Waals surface area contributed by atoms with E-state index in [2.05, 4.69) is 20.6 Å². The Kier molecular flexibility index (Phi) is 7.00. The van der Waals surface area contributed by atoms with E-state index in [-0.39, 0.29) is 11.9 Å². The van der Waals surface area contributed by atoms with Crippen molar-refractivity contribution in [3.05, 3.63) is 65.9 Å². The lowest BCUT2D eigenvalue weighted by Gasteiger charge is -2.21. The number of aromatic nitrogens is 2. The van der Waals surface area contributed by atoms with Gasteiger partial charge in [-0.25, -0.2) is 9.97 Å². The maximum Gasteiger partial charge on any atom is 0.251 e. The number of benzene rings is 2. The van der Waals surface area contributed by atoms with Crippen molar-refractivity contribution in [2.45, 2.75) is 57.9 Å². The number of nitrogens with zero attached hydrogens (tertiary/aromatic N) is 2. The molecular weight excluding hydrogens is 398 g/mol. The van der Waals surface area contributed by atoms with Gasteiger partial charge in [0.2, 0.25) is 5.95 Å². The molecule has 1 aromatic heterocycles. The predicted octanol–water partition coefficient (Wildman–Crippen LogP) is 5.62. The van der Waals surface area contributed by atoms with E-state index >= 15 is 0 Å². The summed E-state index contributed by atoms with van der Waals surface area (Å²) in [6.45, 7) is 1.99. The van der Waals surface area contributed by atoms with Gasteiger partial charge in [-0.15, -0.1) is 0 Å². The number of nitrogens with one attached hydrogen (secondary N) is 2. The smallest absolute Gasteiger partial charge is 0.251 e. The number of hydrogen-bond donors (Lipinski definition) is 3. The van der Waals surface area contributed by atoms with Gasteiger partial charge >= 0.3 is 0 Å². The second kappa shape index (κ2) is 10.3. The molecule has 1 heterocycles. The van der Waals surface area contributed by atoms with Crippen molar-refractivity contribution < 1.29 is 4.79 Å². The highest BCUT2D eigenvalue weighted by Gasteiger charge is 2.15. The fraction of sp³-hybridized carbons (Fsp3) is 0.346. The largest absolute Gasteiger partial charge is 0.398 e. The first-order valence-corrected chi connectivity index (χ1v) is 11.5. The van der Waals surface area contributed by atoms with E-state index < -0.39 is 0 Å². The lowest BCUT2D eigenvalue weighted by atomic mass is 9.96. The van der Waals surface area contributed by atoms with Crippen LogP contribution in [0.25, 0.3) is 11.3 Å². The standard InChI is InChI=1S/C26H31N5O/c1-18-22(10-7-11-23(18)27)24-16-17-28-26(31-24)30-21-14-12-19(13-15-21)25(32)29-20-8-5-3-2-4-6-9-20/h7,10-17,20H,2-6,8-9,27H2,1H3,(H,29,32)(H,28,30,31). The van der Waals surface area contributed by atoms with Crippen LogP contribution in [0.4, 0.5) is 17.3 Å². The molecule has 6 nitrogen and oxygen atoms in total. The van der Waals surface area contributed by atoms with Crippen LogP contribution in [-0.4, -0.2) is 21.9 Å². The molecule has 1 saturated carbocycles. The highest BCUT2D eigenvalue weighted by molar-refractivity contribution is 5.94. The van der Waals surface area contributed by atoms with Gasteiger partial charge in [0.1, 0.15) is 0 Å². The van der Waals surface area contributed by atoms with Crippen molar-refractivity contribution in [1.29, 1.82) is 0 Å². The Morgan fingerprint density at radius 3 is 2.44 bits per heavy atom. The molecule has 1 aliphatic rings. The molecule has 0 atom stereocenters. The second-order valence-electron chi connectivity index (χ2n) is 8.50. The highest BCUT2D eigenvalue weighted by Crippen LogP contribution is 2.26. The lowest BCUT2D eigenvalue weighted by molar-refractivity contribution is 0.0930. The summed E-state index contributed by atoms with van der Waals surface area (Å²) in [5, 5.41) is 6.44. The molecule has 1 amide bonds. The van der Waals surface area contributed by atoms with Crippen molar-refractivity contribution in [1.82, 2.24) is 15.3 Å². The van der Waals surface area contributed by atoms with E-state index in [4.69, 9.17) is 5.73 Å². The van der Waals surface area contributed by atoms with E-state index in [1.54, 1.807) is 6.20 Å². The van der Waals surface area contributed by atoms with Crippen LogP contribution < -0.4 is 16.4 Å². The molecule has 6 heteroatoms. The normalized spacial score (nSPS) is 14.9. The Hall–Kier alpha value is -3.41. The van der Waals surface area contributed by atoms with Crippen LogP contribution in [0.15, 0.2) is 54.7 Å². The zero-order chi connectivity index (χ0) is 22.3. The number of carbonyl (C=O) groups excluding carboxylic acids is 1. The molecule has 0 radical (unpaired) electrons. The summed E-state index contributed by atoms with van der Waals surface area (Å²) in [6, 6.07) is 15.4. The molecule has 0 aliphatic heterocycles. The number of carbonyl (C=O) groups is 1. The summed E-state index contributed by atoms with van der Waals surface area (Å²) in [5.74, 6) is 0.494. The van der Waals surface area contributed by atoms with Gasteiger partial charge in [0.15, 0.2) is 0 Å². The van der Waals surface area contributed by atoms with Crippen LogP contribution in [0.2, 0.25) is 0 Å². The summed E-state index contributed by atoms with van der Waals surface area (Å²) in [4.78, 5) is 21.6. The maximum absolute atomic E-state index is 12.7. The molecule has 0 saturated heterocycles. The van der Waals surface area contributed by atoms with Crippen molar-refractivity contribution in [3.8, 4) is 11.3 Å². The highest BCUT2D eigenvalue weighted by atomic mass is 16.1. The Balaban J connectivity index is 1.41. The third kappa shape index (κ3) is 5.44. The van der Waals surface area contributed by atoms with Crippen molar-refractivity contribution in [2.24, 2.45) is 0 Å². The Morgan fingerprint density at radius 1 is 0.969 bits per heavy atom. The summed E-state index contributed by atoms with van der Waals surface area (Å²) >= 11 is 0. The topological polar surface area (TPSA) is 92.9 Å². The van der Waals surface area contributed by atoms with E-state index in [9.17, 15) is 4.79 Å². The molecule has 32 heavy (non-hydrogen) atoms. The summed E-state index contributed by atoms with van der Waals surface area (Å²) < 4.78 is 0. The van der Waals surface area contributed by atoms with E-state index in [1.165, 1.54) is 32.1 Å². The molecule has 1 fully saturated rings. The van der Waals surface area contributed by atoms with Crippen LogP contribution >= 0.6 is 0 Å². The summed E-state index contributed by atoms with van der Waals surface area (Å²) in [7, 11) is 0. The van der Waals surface area contributed by atoms with Gasteiger partial charge in [-0.3, -0.25) is 4.79 Å². The molecule has 2 aromatic carbocycles. The Bertz CT molecular complexity index is 1060. The van der Waals surface area contributed by atoms with Crippen molar-refractivity contribution in [2.75, 3.05) is 11.1 Å². The minimum atomic E-state index is -0.00230.